The Balaban J connectivity index is 0.987. The normalized spacial score (nSPS) is 21.2. The fourth-order valence-corrected chi connectivity index (χ4v) is 8.06. The van der Waals surface area contributed by atoms with E-state index in [1.54, 1.807) is 66.8 Å². The van der Waals surface area contributed by atoms with Gasteiger partial charge < -0.3 is 19.5 Å². The van der Waals surface area contributed by atoms with Crippen LogP contribution in [0.1, 0.15) is 53.9 Å². The third-order valence-electron chi connectivity index (χ3n) is 10.6. The van der Waals surface area contributed by atoms with Gasteiger partial charge in [0.25, 0.3) is 17.4 Å². The molecule has 0 aliphatic carbocycles. The van der Waals surface area contributed by atoms with Crippen LogP contribution in [0.2, 0.25) is 5.02 Å². The number of aryl methyl sites for hydroxylation is 1. The number of benzene rings is 2. The van der Waals surface area contributed by atoms with Crippen molar-refractivity contribution in [2.45, 2.75) is 56.0 Å². The number of fused-ring (bicyclic) bond motifs is 1. The molecule has 0 bridgehead atoms. The highest BCUT2D eigenvalue weighted by molar-refractivity contribution is 6.34. The number of aromatic nitrogens is 2. The zero-order valence-corrected chi connectivity index (χ0v) is 29.6. The van der Waals surface area contributed by atoms with E-state index in [-0.39, 0.29) is 53.4 Å². The Morgan fingerprint density at radius 2 is 1.77 bits per heavy atom. The molecule has 3 fully saturated rings. The number of anilines is 1. The number of halogens is 3. The molecular formula is C38H39ClF2N6O5. The van der Waals surface area contributed by atoms with Crippen LogP contribution in [-0.4, -0.2) is 88.4 Å². The van der Waals surface area contributed by atoms with Crippen LogP contribution in [0.25, 0.3) is 21.9 Å². The first-order valence-electron chi connectivity index (χ1n) is 17.4. The van der Waals surface area contributed by atoms with E-state index in [1.165, 1.54) is 17.9 Å². The number of hydrogen-bond acceptors (Lipinski definition) is 8. The molecular weight excluding hydrogens is 694 g/mol. The van der Waals surface area contributed by atoms with E-state index in [0.29, 0.717) is 72.2 Å². The van der Waals surface area contributed by atoms with E-state index < -0.39 is 23.8 Å². The molecule has 2 atom stereocenters. The number of rotatable bonds is 7. The number of imide groups is 1. The van der Waals surface area contributed by atoms with Crippen LogP contribution in [0.5, 0.6) is 5.75 Å². The number of ether oxygens (including phenoxy) is 1. The average molecular weight is 733 g/mol. The van der Waals surface area contributed by atoms with Gasteiger partial charge in [-0.1, -0.05) is 23.7 Å². The van der Waals surface area contributed by atoms with Crippen molar-refractivity contribution in [3.8, 4) is 16.9 Å². The van der Waals surface area contributed by atoms with Gasteiger partial charge >= 0.3 is 0 Å². The summed E-state index contributed by atoms with van der Waals surface area (Å²) in [5.41, 5.74) is 2.63. The molecule has 3 amide bonds. The maximum atomic E-state index is 15.7. The van der Waals surface area contributed by atoms with Gasteiger partial charge in [0, 0.05) is 62.4 Å². The second kappa shape index (κ2) is 14.3. The lowest BCUT2D eigenvalue weighted by Gasteiger charge is -2.45. The zero-order valence-electron chi connectivity index (χ0n) is 28.8. The zero-order chi connectivity index (χ0) is 36.7. The summed E-state index contributed by atoms with van der Waals surface area (Å²) in [5.74, 6) is -4.58. The first-order valence-corrected chi connectivity index (χ1v) is 17.7. The molecule has 2 N–H and O–H groups in total. The molecule has 2 unspecified atom stereocenters. The van der Waals surface area contributed by atoms with Crippen LogP contribution in [-0.2, 0) is 16.6 Å². The van der Waals surface area contributed by atoms with E-state index in [4.69, 9.17) is 16.3 Å². The van der Waals surface area contributed by atoms with Crippen LogP contribution in [0.4, 0.5) is 14.5 Å². The maximum Gasteiger partial charge on any atom is 0.267 e. The highest BCUT2D eigenvalue weighted by Gasteiger charge is 2.47. The molecule has 52 heavy (non-hydrogen) atoms. The van der Waals surface area contributed by atoms with Gasteiger partial charge in [-0.25, -0.2) is 8.78 Å². The van der Waals surface area contributed by atoms with Gasteiger partial charge in [-0.05, 0) is 79.1 Å². The van der Waals surface area contributed by atoms with Crippen molar-refractivity contribution < 1.29 is 27.9 Å². The Morgan fingerprint density at radius 1 is 1.02 bits per heavy atom. The van der Waals surface area contributed by atoms with Gasteiger partial charge in [-0.15, -0.1) is 0 Å². The quantitative estimate of drug-likeness (QED) is 0.248. The summed E-state index contributed by atoms with van der Waals surface area (Å²) in [6, 6.07) is 11.3. The second-order valence-electron chi connectivity index (χ2n) is 13.8. The van der Waals surface area contributed by atoms with Crippen molar-refractivity contribution in [3.63, 3.8) is 0 Å². The molecule has 7 rings (SSSR count). The molecule has 3 aliphatic heterocycles. The smallest absolute Gasteiger partial charge is 0.267 e. The SMILES string of the molecule is COc1cc(-c2cn(C)c(=O)c3cnccc23)cc(Cl)c1C(=O)N1CCC(N2CCC(c3ccc(NC4CCC(=O)NC4=O)cc3)C(F)(F)C2)CC1. The summed E-state index contributed by atoms with van der Waals surface area (Å²) in [6.07, 6.45) is 6.85. The Bertz CT molecular complexity index is 2100. The summed E-state index contributed by atoms with van der Waals surface area (Å²) in [7, 11) is 3.13. The lowest BCUT2D eigenvalue weighted by molar-refractivity contribution is -0.133. The number of likely N-dealkylation sites (tertiary alicyclic amines) is 2. The molecule has 11 nitrogen and oxygen atoms in total. The molecule has 2 aromatic carbocycles. The number of nitrogens with one attached hydrogen (secondary N) is 2. The van der Waals surface area contributed by atoms with Crippen LogP contribution < -0.4 is 20.9 Å². The summed E-state index contributed by atoms with van der Waals surface area (Å²) in [6.45, 7) is 0.905. The standard InChI is InChI=1S/C38H39ClF2N6O5/c1-45-20-28(26-9-13-42-19-27(26)36(45)50)23-17-30(39)34(32(18-23)52-2)37(51)46-14-10-25(11-15-46)47-16-12-29(38(40,41)21-47)22-3-5-24(6-4-22)43-31-7-8-33(48)44-35(31)49/h3-6,9,13,17-20,25,29,31,43H,7-8,10-12,14-16,21H2,1-2H3,(H,44,48,49). The Kier molecular flexibility index (Phi) is 9.75. The number of pyridine rings is 2. The minimum atomic E-state index is -2.96. The number of methoxy groups -OCH3 is 1. The van der Waals surface area contributed by atoms with Crippen LogP contribution in [0.15, 0.2) is 65.8 Å². The largest absolute Gasteiger partial charge is 0.496 e. The van der Waals surface area contributed by atoms with Gasteiger partial charge in [0.05, 0.1) is 30.0 Å². The Morgan fingerprint density at radius 3 is 2.46 bits per heavy atom. The Labute approximate surface area is 303 Å². The van der Waals surface area contributed by atoms with Crippen molar-refractivity contribution in [2.24, 2.45) is 7.05 Å². The third-order valence-corrected chi connectivity index (χ3v) is 10.9. The number of piperidine rings is 3. The molecule has 5 heterocycles. The van der Waals surface area contributed by atoms with E-state index in [1.807, 2.05) is 4.90 Å². The summed E-state index contributed by atoms with van der Waals surface area (Å²) < 4.78 is 38.5. The molecule has 3 saturated heterocycles. The minimum absolute atomic E-state index is 0.0942. The van der Waals surface area contributed by atoms with Crippen molar-refractivity contribution in [1.29, 1.82) is 0 Å². The maximum absolute atomic E-state index is 15.7. The number of nitrogens with zero attached hydrogens (tertiary/aromatic N) is 4. The van der Waals surface area contributed by atoms with Crippen LogP contribution in [0, 0.1) is 0 Å². The molecule has 272 valence electrons. The molecule has 0 saturated carbocycles. The summed E-state index contributed by atoms with van der Waals surface area (Å²) >= 11 is 6.78. The number of carbonyl (C=O) groups is 3. The lowest BCUT2D eigenvalue weighted by atomic mass is 9.85. The lowest BCUT2D eigenvalue weighted by Crippen LogP contribution is -2.54. The first kappa shape index (κ1) is 35.5. The topological polar surface area (TPSA) is 126 Å². The third kappa shape index (κ3) is 6.86. The van der Waals surface area contributed by atoms with Crippen molar-refractivity contribution in [3.05, 3.63) is 87.6 Å². The van der Waals surface area contributed by atoms with Gasteiger partial charge in [-0.3, -0.25) is 34.4 Å². The van der Waals surface area contributed by atoms with Gasteiger partial charge in [0.1, 0.15) is 17.4 Å². The average Bonchev–Trinajstić information content (AvgIpc) is 3.13. The van der Waals surface area contributed by atoms with Gasteiger partial charge in [0.15, 0.2) is 0 Å². The van der Waals surface area contributed by atoms with E-state index in [9.17, 15) is 19.2 Å². The molecule has 2 aromatic heterocycles. The fourth-order valence-electron chi connectivity index (χ4n) is 7.77. The molecule has 0 radical (unpaired) electrons. The number of carbonyl (C=O) groups excluding carboxylic acids is 3. The predicted molar refractivity (Wildman–Crippen MR) is 193 cm³/mol. The van der Waals surface area contributed by atoms with E-state index in [0.717, 1.165) is 5.56 Å². The molecule has 14 heteroatoms. The summed E-state index contributed by atoms with van der Waals surface area (Å²) in [5, 5.41) is 6.76. The van der Waals surface area contributed by atoms with Crippen LogP contribution >= 0.6 is 11.6 Å². The van der Waals surface area contributed by atoms with Crippen molar-refractivity contribution >= 4 is 45.8 Å². The first-order chi connectivity index (χ1) is 24.9. The molecule has 0 spiro atoms. The fraction of sp³-hybridized carbons (Fsp3) is 0.395. The monoisotopic (exact) mass is 732 g/mol. The van der Waals surface area contributed by atoms with Gasteiger partial charge in [-0.2, -0.15) is 0 Å². The molecule has 3 aliphatic rings. The van der Waals surface area contributed by atoms with Crippen LogP contribution in [0.3, 0.4) is 0 Å². The highest BCUT2D eigenvalue weighted by Crippen LogP contribution is 2.42. The predicted octanol–water partition coefficient (Wildman–Crippen LogP) is 5.21. The van der Waals surface area contributed by atoms with Crippen molar-refractivity contribution in [1.82, 2.24) is 24.7 Å². The summed E-state index contributed by atoms with van der Waals surface area (Å²) in [4.78, 5) is 57.7. The highest BCUT2D eigenvalue weighted by atomic mass is 35.5. The number of hydrogen-bond donors (Lipinski definition) is 2. The number of amides is 3. The minimum Gasteiger partial charge on any atom is -0.496 e. The van der Waals surface area contributed by atoms with Gasteiger partial charge in [0.2, 0.25) is 11.8 Å². The van der Waals surface area contributed by atoms with E-state index >= 15 is 8.78 Å². The number of alkyl halides is 2. The van der Waals surface area contributed by atoms with Crippen molar-refractivity contribution in [2.75, 3.05) is 38.6 Å². The Hall–Kier alpha value is -4.88. The second-order valence-corrected chi connectivity index (χ2v) is 14.2. The van der Waals surface area contributed by atoms with E-state index in [2.05, 4.69) is 15.6 Å². The molecule has 4 aromatic rings.